The second kappa shape index (κ2) is 4.24. The van der Waals surface area contributed by atoms with Gasteiger partial charge in [-0.2, -0.15) is 0 Å². The summed E-state index contributed by atoms with van der Waals surface area (Å²) in [4.78, 5) is 2.87. The Balaban J connectivity index is 1.44. The maximum absolute atomic E-state index is 2.87. The van der Waals surface area contributed by atoms with Crippen LogP contribution in [0.5, 0.6) is 0 Å². The molecule has 20 heavy (non-hydrogen) atoms. The fraction of sp³-hybridized carbons (Fsp3) is 1.00. The standard InChI is InChI=1S/C19H31N/c1-11-7-13-9-17(18-6-4-14-10-20(14)18)15-5-3-12(2)16(8-11)19(13)15/h11-19H,3-10H2,1-2H3/t11?,12?,13?,14?,15-,16?,17?,18+,19?,20?/m1/s1. The highest BCUT2D eigenvalue weighted by Gasteiger charge is 2.58. The molecule has 0 aromatic carbocycles. The predicted molar refractivity (Wildman–Crippen MR) is 82.4 cm³/mol. The molecule has 1 heteroatoms. The molecular formula is C19H31N. The van der Waals surface area contributed by atoms with E-state index in [0.717, 1.165) is 53.5 Å². The third kappa shape index (κ3) is 1.65. The van der Waals surface area contributed by atoms with Crippen molar-refractivity contribution in [1.82, 2.24) is 4.90 Å². The average molecular weight is 273 g/mol. The molecular weight excluding hydrogens is 242 g/mol. The molecule has 0 N–H and O–H groups in total. The largest absolute Gasteiger partial charge is 0.294 e. The maximum Gasteiger partial charge on any atom is 0.0227 e. The van der Waals surface area contributed by atoms with Crippen LogP contribution in [0.2, 0.25) is 0 Å². The zero-order chi connectivity index (χ0) is 13.4. The first-order chi connectivity index (χ1) is 9.72. The number of hydrogen-bond donors (Lipinski definition) is 0. The Labute approximate surface area is 124 Å². The van der Waals surface area contributed by atoms with Crippen LogP contribution in [-0.4, -0.2) is 23.5 Å². The molecule has 8 unspecified atom stereocenters. The van der Waals surface area contributed by atoms with Gasteiger partial charge < -0.3 is 0 Å². The highest BCUT2D eigenvalue weighted by Crippen LogP contribution is 2.61. The van der Waals surface area contributed by atoms with Crippen LogP contribution in [-0.2, 0) is 0 Å². The first-order valence-electron chi connectivity index (χ1n) is 9.48. The smallest absolute Gasteiger partial charge is 0.0227 e. The summed E-state index contributed by atoms with van der Waals surface area (Å²) < 4.78 is 0. The molecule has 0 aromatic rings. The lowest BCUT2D eigenvalue weighted by molar-refractivity contribution is 0.0185. The Hall–Kier alpha value is -0.0400. The topological polar surface area (TPSA) is 3.01 Å². The molecule has 1 nitrogen and oxygen atoms in total. The van der Waals surface area contributed by atoms with Gasteiger partial charge in [-0.1, -0.05) is 20.3 Å². The molecule has 5 fully saturated rings. The molecule has 0 amide bonds. The molecule has 3 aliphatic carbocycles. The van der Waals surface area contributed by atoms with Crippen molar-refractivity contribution < 1.29 is 0 Å². The van der Waals surface area contributed by atoms with Crippen LogP contribution in [0.4, 0.5) is 0 Å². The number of rotatable bonds is 1. The fourth-order valence-electron chi connectivity index (χ4n) is 7.45. The second-order valence-electron chi connectivity index (χ2n) is 9.19. The van der Waals surface area contributed by atoms with E-state index in [1.807, 2.05) is 0 Å². The quantitative estimate of drug-likeness (QED) is 0.648. The minimum atomic E-state index is 1.01. The Morgan fingerprint density at radius 2 is 1.70 bits per heavy atom. The van der Waals surface area contributed by atoms with Gasteiger partial charge in [0.1, 0.15) is 0 Å². The van der Waals surface area contributed by atoms with E-state index in [4.69, 9.17) is 0 Å². The van der Waals surface area contributed by atoms with Crippen molar-refractivity contribution in [1.29, 1.82) is 0 Å². The van der Waals surface area contributed by atoms with Gasteiger partial charge >= 0.3 is 0 Å². The van der Waals surface area contributed by atoms with Crippen LogP contribution in [0, 0.1) is 41.4 Å². The monoisotopic (exact) mass is 273 g/mol. The van der Waals surface area contributed by atoms with Gasteiger partial charge in [0.05, 0.1) is 0 Å². The molecule has 112 valence electrons. The minimum absolute atomic E-state index is 1.01. The summed E-state index contributed by atoms with van der Waals surface area (Å²) >= 11 is 0. The SMILES string of the molecule is CC1CC2CC([C@@H]3CCC4CN43)[C@H]3CCC(C)C(C1)C23. The Bertz CT molecular complexity index is 405. The summed E-state index contributed by atoms with van der Waals surface area (Å²) in [6, 6.07) is 2.04. The lowest BCUT2D eigenvalue weighted by atomic mass is 9.58. The molecule has 2 heterocycles. The molecule has 2 saturated heterocycles. The van der Waals surface area contributed by atoms with Crippen molar-refractivity contribution in [3.63, 3.8) is 0 Å². The van der Waals surface area contributed by atoms with Gasteiger partial charge in [0.15, 0.2) is 0 Å². The molecule has 2 aliphatic heterocycles. The van der Waals surface area contributed by atoms with Gasteiger partial charge in [-0.25, -0.2) is 0 Å². The molecule has 0 radical (unpaired) electrons. The van der Waals surface area contributed by atoms with Gasteiger partial charge in [0.2, 0.25) is 0 Å². The summed E-state index contributed by atoms with van der Waals surface area (Å²) in [6.07, 6.45) is 10.9. The first-order valence-corrected chi connectivity index (χ1v) is 9.48. The minimum Gasteiger partial charge on any atom is -0.294 e. The number of piperidine rings is 1. The third-order valence-corrected chi connectivity index (χ3v) is 8.20. The lowest BCUT2D eigenvalue weighted by Gasteiger charge is -2.47. The summed E-state index contributed by atoms with van der Waals surface area (Å²) in [5, 5.41) is 0. The van der Waals surface area contributed by atoms with Crippen LogP contribution in [0.15, 0.2) is 0 Å². The average Bonchev–Trinajstić information content (AvgIpc) is 2.94. The van der Waals surface area contributed by atoms with Crippen LogP contribution >= 0.6 is 0 Å². The van der Waals surface area contributed by atoms with E-state index in [9.17, 15) is 0 Å². The molecule has 5 rings (SSSR count). The first kappa shape index (κ1) is 12.5. The van der Waals surface area contributed by atoms with E-state index in [0.29, 0.717) is 0 Å². The number of fused-ring (bicyclic) bond motifs is 1. The highest BCUT2D eigenvalue weighted by molar-refractivity contribution is 5.10. The van der Waals surface area contributed by atoms with Crippen molar-refractivity contribution in [2.45, 2.75) is 70.9 Å². The number of hydrogen-bond acceptors (Lipinski definition) is 1. The molecule has 10 atom stereocenters. The summed E-state index contributed by atoms with van der Waals surface area (Å²) in [5.74, 6) is 7.60. The molecule has 0 spiro atoms. The van der Waals surface area contributed by atoms with E-state index in [1.165, 1.54) is 19.4 Å². The Morgan fingerprint density at radius 3 is 2.45 bits per heavy atom. The summed E-state index contributed by atoms with van der Waals surface area (Å²) in [5.41, 5.74) is 0. The van der Waals surface area contributed by atoms with Crippen molar-refractivity contribution in [2.24, 2.45) is 41.4 Å². The van der Waals surface area contributed by atoms with Crippen LogP contribution in [0.1, 0.15) is 58.8 Å². The van der Waals surface area contributed by atoms with Crippen LogP contribution in [0.25, 0.3) is 0 Å². The van der Waals surface area contributed by atoms with Crippen molar-refractivity contribution >= 4 is 0 Å². The van der Waals surface area contributed by atoms with Gasteiger partial charge in [0, 0.05) is 18.6 Å². The lowest BCUT2D eigenvalue weighted by Crippen LogP contribution is -2.41. The Kier molecular flexibility index (Phi) is 2.65. The molecule has 0 aromatic heterocycles. The van der Waals surface area contributed by atoms with E-state index in [2.05, 4.69) is 18.7 Å². The van der Waals surface area contributed by atoms with Crippen molar-refractivity contribution in [2.75, 3.05) is 6.54 Å². The van der Waals surface area contributed by atoms with Crippen molar-refractivity contribution in [3.05, 3.63) is 0 Å². The van der Waals surface area contributed by atoms with Gasteiger partial charge in [-0.05, 0) is 80.0 Å². The summed E-state index contributed by atoms with van der Waals surface area (Å²) in [7, 11) is 0. The van der Waals surface area contributed by atoms with Gasteiger partial charge in [0.25, 0.3) is 0 Å². The zero-order valence-electron chi connectivity index (χ0n) is 13.3. The maximum atomic E-state index is 2.87. The Morgan fingerprint density at radius 1 is 0.800 bits per heavy atom. The third-order valence-electron chi connectivity index (χ3n) is 8.20. The van der Waals surface area contributed by atoms with Gasteiger partial charge in [-0.3, -0.25) is 4.90 Å². The van der Waals surface area contributed by atoms with Crippen LogP contribution in [0.3, 0.4) is 0 Å². The summed E-state index contributed by atoms with van der Waals surface area (Å²) in [6.45, 7) is 6.56. The fourth-order valence-corrected chi connectivity index (χ4v) is 7.45. The van der Waals surface area contributed by atoms with E-state index >= 15 is 0 Å². The second-order valence-corrected chi connectivity index (χ2v) is 9.19. The van der Waals surface area contributed by atoms with E-state index < -0.39 is 0 Å². The predicted octanol–water partition coefficient (Wildman–Crippen LogP) is 4.18. The molecule has 3 saturated carbocycles. The highest BCUT2D eigenvalue weighted by atomic mass is 15.4. The van der Waals surface area contributed by atoms with E-state index in [-0.39, 0.29) is 0 Å². The molecule has 0 bridgehead atoms. The van der Waals surface area contributed by atoms with E-state index in [1.54, 1.807) is 32.1 Å². The molecule has 5 aliphatic rings. The number of nitrogens with zero attached hydrogens (tertiary/aromatic N) is 1. The zero-order valence-corrected chi connectivity index (χ0v) is 13.3. The van der Waals surface area contributed by atoms with Crippen molar-refractivity contribution in [3.8, 4) is 0 Å². The van der Waals surface area contributed by atoms with Gasteiger partial charge in [-0.15, -0.1) is 0 Å². The van der Waals surface area contributed by atoms with Crippen LogP contribution < -0.4 is 0 Å². The normalized spacial score (nSPS) is 63.9.